The van der Waals surface area contributed by atoms with Crippen LogP contribution < -0.4 is 10.5 Å². The number of hydrogen-bond donors (Lipinski definition) is 3. The molecule has 0 unspecified atom stereocenters. The van der Waals surface area contributed by atoms with Crippen molar-refractivity contribution in [3.05, 3.63) is 29.3 Å². The Labute approximate surface area is 118 Å². The second kappa shape index (κ2) is 5.68. The summed E-state index contributed by atoms with van der Waals surface area (Å²) in [7, 11) is -3.60. The first-order valence-corrected chi connectivity index (χ1v) is 7.75. The molecular weight excluding hydrogens is 280 g/mol. The molecule has 0 radical (unpaired) electrons. The average Bonchev–Trinajstić information content (AvgIpc) is 2.92. The summed E-state index contributed by atoms with van der Waals surface area (Å²) in [6.07, 6.45) is 1.73. The normalized spacial score (nSPS) is 17.4. The minimum atomic E-state index is -3.60. The van der Waals surface area contributed by atoms with E-state index in [-0.39, 0.29) is 5.84 Å². The fourth-order valence-corrected chi connectivity index (χ4v) is 3.59. The number of nitrogens with two attached hydrogens (primary N) is 1. The topological polar surface area (TPSA) is 108 Å². The summed E-state index contributed by atoms with van der Waals surface area (Å²) >= 11 is 0. The summed E-state index contributed by atoms with van der Waals surface area (Å²) < 4.78 is 28.4. The van der Waals surface area contributed by atoms with Crippen LogP contribution in [0.3, 0.4) is 0 Å². The van der Waals surface area contributed by atoms with Crippen molar-refractivity contribution < 1.29 is 13.6 Å². The molecule has 2 rings (SSSR count). The van der Waals surface area contributed by atoms with Gasteiger partial charge < -0.3 is 10.9 Å². The molecule has 0 amide bonds. The van der Waals surface area contributed by atoms with Crippen LogP contribution in [0.5, 0.6) is 0 Å². The molecule has 0 saturated carbocycles. The van der Waals surface area contributed by atoms with Crippen LogP contribution in [-0.2, 0) is 10.2 Å². The Morgan fingerprint density at radius 1 is 1.40 bits per heavy atom. The third kappa shape index (κ3) is 2.86. The molecule has 0 aliphatic carbocycles. The zero-order valence-electron chi connectivity index (χ0n) is 11.2. The lowest BCUT2D eigenvalue weighted by Gasteiger charge is -2.19. The van der Waals surface area contributed by atoms with Gasteiger partial charge >= 0.3 is 10.2 Å². The first kappa shape index (κ1) is 14.6. The van der Waals surface area contributed by atoms with E-state index < -0.39 is 10.2 Å². The zero-order valence-corrected chi connectivity index (χ0v) is 12.0. The Morgan fingerprint density at radius 2 is 2.05 bits per heavy atom. The Balaban J connectivity index is 2.36. The van der Waals surface area contributed by atoms with Gasteiger partial charge in [-0.3, -0.25) is 4.72 Å². The number of aryl methyl sites for hydroxylation is 1. The van der Waals surface area contributed by atoms with Crippen LogP contribution in [-0.4, -0.2) is 36.9 Å². The molecule has 8 heteroatoms. The lowest BCUT2D eigenvalue weighted by Crippen LogP contribution is -2.34. The highest BCUT2D eigenvalue weighted by atomic mass is 32.2. The lowest BCUT2D eigenvalue weighted by atomic mass is 10.1. The molecule has 1 saturated heterocycles. The van der Waals surface area contributed by atoms with Gasteiger partial charge in [0.2, 0.25) is 0 Å². The first-order chi connectivity index (χ1) is 9.45. The quantitative estimate of drug-likeness (QED) is 0.331. The zero-order chi connectivity index (χ0) is 14.8. The second-order valence-electron chi connectivity index (χ2n) is 4.70. The Kier molecular flexibility index (Phi) is 4.15. The smallest absolute Gasteiger partial charge is 0.301 e. The van der Waals surface area contributed by atoms with E-state index in [2.05, 4.69) is 9.88 Å². The monoisotopic (exact) mass is 298 g/mol. The van der Waals surface area contributed by atoms with Crippen LogP contribution in [0.2, 0.25) is 0 Å². The molecule has 0 spiro atoms. The third-order valence-electron chi connectivity index (χ3n) is 3.28. The number of anilines is 1. The van der Waals surface area contributed by atoms with Crippen LogP contribution in [0.4, 0.5) is 5.69 Å². The summed E-state index contributed by atoms with van der Waals surface area (Å²) in [6, 6.07) is 5.07. The van der Waals surface area contributed by atoms with Gasteiger partial charge in [-0.15, -0.1) is 0 Å². The van der Waals surface area contributed by atoms with Gasteiger partial charge in [0.05, 0.1) is 5.69 Å². The molecule has 1 aliphatic heterocycles. The van der Waals surface area contributed by atoms with Crippen molar-refractivity contribution in [3.8, 4) is 0 Å². The first-order valence-electron chi connectivity index (χ1n) is 6.31. The second-order valence-corrected chi connectivity index (χ2v) is 6.37. The van der Waals surface area contributed by atoms with E-state index in [0.29, 0.717) is 24.3 Å². The van der Waals surface area contributed by atoms with E-state index in [1.54, 1.807) is 25.1 Å². The fraction of sp³-hybridized carbons (Fsp3) is 0.417. The predicted octanol–water partition coefficient (Wildman–Crippen LogP) is 0.842. The highest BCUT2D eigenvalue weighted by Crippen LogP contribution is 2.22. The van der Waals surface area contributed by atoms with Crippen LogP contribution in [0.15, 0.2) is 23.4 Å². The van der Waals surface area contributed by atoms with Crippen molar-refractivity contribution in [3.63, 3.8) is 0 Å². The maximum Gasteiger partial charge on any atom is 0.301 e. The molecule has 7 nitrogen and oxygen atoms in total. The van der Waals surface area contributed by atoms with E-state index >= 15 is 0 Å². The van der Waals surface area contributed by atoms with Gasteiger partial charge in [-0.1, -0.05) is 17.3 Å². The highest BCUT2D eigenvalue weighted by Gasteiger charge is 2.26. The van der Waals surface area contributed by atoms with Crippen LogP contribution in [0, 0.1) is 6.92 Å². The number of oxime groups is 1. The summed E-state index contributed by atoms with van der Waals surface area (Å²) in [5.41, 5.74) is 7.04. The van der Waals surface area contributed by atoms with Crippen LogP contribution >= 0.6 is 0 Å². The van der Waals surface area contributed by atoms with Crippen molar-refractivity contribution >= 4 is 21.7 Å². The third-order valence-corrected chi connectivity index (χ3v) is 4.80. The van der Waals surface area contributed by atoms with Crippen molar-refractivity contribution in [2.45, 2.75) is 19.8 Å². The van der Waals surface area contributed by atoms with E-state index in [9.17, 15) is 8.42 Å². The fourth-order valence-electron chi connectivity index (χ4n) is 2.27. The van der Waals surface area contributed by atoms with Gasteiger partial charge in [-0.2, -0.15) is 12.7 Å². The molecule has 1 aliphatic rings. The van der Waals surface area contributed by atoms with Crippen LogP contribution in [0.25, 0.3) is 0 Å². The van der Waals surface area contributed by atoms with Gasteiger partial charge in [0.15, 0.2) is 5.84 Å². The molecule has 1 aromatic carbocycles. The molecule has 0 aromatic heterocycles. The van der Waals surface area contributed by atoms with E-state index in [0.717, 1.165) is 18.4 Å². The van der Waals surface area contributed by atoms with Crippen molar-refractivity contribution in [2.24, 2.45) is 10.9 Å². The molecule has 110 valence electrons. The molecule has 0 bridgehead atoms. The molecule has 1 fully saturated rings. The number of hydrogen-bond acceptors (Lipinski definition) is 4. The predicted molar refractivity (Wildman–Crippen MR) is 77.0 cm³/mol. The van der Waals surface area contributed by atoms with Gasteiger partial charge in [0, 0.05) is 18.7 Å². The van der Waals surface area contributed by atoms with E-state index in [1.165, 1.54) is 4.31 Å². The highest BCUT2D eigenvalue weighted by molar-refractivity contribution is 7.90. The number of nitrogens with one attached hydrogen (secondary N) is 1. The number of amidine groups is 1. The number of rotatable bonds is 4. The standard InChI is InChI=1S/C12H18N4O3S/c1-9-5-4-6-10(11(9)12(13)14-17)15-20(18,19)16-7-2-3-8-16/h4-6,15,17H,2-3,7-8H2,1H3,(H2,13,14). The van der Waals surface area contributed by atoms with Gasteiger partial charge in [-0.05, 0) is 31.4 Å². The number of nitrogens with zero attached hydrogens (tertiary/aromatic N) is 2. The number of benzene rings is 1. The van der Waals surface area contributed by atoms with Crippen molar-refractivity contribution in [2.75, 3.05) is 17.8 Å². The van der Waals surface area contributed by atoms with Crippen molar-refractivity contribution in [1.82, 2.24) is 4.31 Å². The maximum absolute atomic E-state index is 12.2. The molecule has 4 N–H and O–H groups in total. The Bertz CT molecular complexity index is 622. The summed E-state index contributed by atoms with van der Waals surface area (Å²) in [6.45, 7) is 2.79. The van der Waals surface area contributed by atoms with Crippen molar-refractivity contribution in [1.29, 1.82) is 0 Å². The van der Waals surface area contributed by atoms with Gasteiger partial charge in [0.25, 0.3) is 0 Å². The molecule has 1 aromatic rings. The minimum absolute atomic E-state index is 0.123. The summed E-state index contributed by atoms with van der Waals surface area (Å²) in [4.78, 5) is 0. The summed E-state index contributed by atoms with van der Waals surface area (Å²) in [5, 5.41) is 11.8. The summed E-state index contributed by atoms with van der Waals surface area (Å²) in [5.74, 6) is -0.123. The minimum Gasteiger partial charge on any atom is -0.409 e. The SMILES string of the molecule is Cc1cccc(NS(=O)(=O)N2CCCC2)c1/C(N)=N/O. The van der Waals surface area contributed by atoms with Crippen LogP contribution in [0.1, 0.15) is 24.0 Å². The van der Waals surface area contributed by atoms with Gasteiger partial charge in [-0.25, -0.2) is 0 Å². The maximum atomic E-state index is 12.2. The largest absolute Gasteiger partial charge is 0.409 e. The molecule has 0 atom stereocenters. The lowest BCUT2D eigenvalue weighted by molar-refractivity contribution is 0.318. The Morgan fingerprint density at radius 3 is 2.65 bits per heavy atom. The molecule has 1 heterocycles. The average molecular weight is 298 g/mol. The van der Waals surface area contributed by atoms with E-state index in [1.807, 2.05) is 0 Å². The van der Waals surface area contributed by atoms with E-state index in [4.69, 9.17) is 10.9 Å². The van der Waals surface area contributed by atoms with Gasteiger partial charge in [0.1, 0.15) is 0 Å². The molecule has 20 heavy (non-hydrogen) atoms. The molecular formula is C12H18N4O3S. The Hall–Kier alpha value is -1.80.